The standard InChI is InChI=1S/C14H14BrFN2O2S/c1-9-13(17)6-10(15)7-14(9)21(19,20)18(2)12-5-3-4-11(16)8-12/h3-8H,17H2,1-2H3. The summed E-state index contributed by atoms with van der Waals surface area (Å²) in [5.74, 6) is -0.500. The molecule has 0 aliphatic heterocycles. The Labute approximate surface area is 131 Å². The van der Waals surface area contributed by atoms with Crippen LogP contribution in [0.2, 0.25) is 0 Å². The lowest BCUT2D eigenvalue weighted by Gasteiger charge is -2.21. The maximum atomic E-state index is 13.3. The van der Waals surface area contributed by atoms with Crippen LogP contribution < -0.4 is 10.0 Å². The van der Waals surface area contributed by atoms with Gasteiger partial charge >= 0.3 is 0 Å². The number of nitrogens with two attached hydrogens (primary N) is 1. The molecule has 0 radical (unpaired) electrons. The van der Waals surface area contributed by atoms with E-state index in [0.717, 1.165) is 10.4 Å². The molecule has 112 valence electrons. The minimum atomic E-state index is -3.83. The van der Waals surface area contributed by atoms with Gasteiger partial charge in [-0.3, -0.25) is 4.31 Å². The summed E-state index contributed by atoms with van der Waals surface area (Å²) in [6, 6.07) is 8.52. The molecule has 2 N–H and O–H groups in total. The fourth-order valence-corrected chi connectivity index (χ4v) is 3.99. The van der Waals surface area contributed by atoms with E-state index in [0.29, 0.717) is 15.7 Å². The molecule has 0 aliphatic rings. The van der Waals surface area contributed by atoms with Crippen LogP contribution in [0, 0.1) is 12.7 Å². The molecule has 2 aromatic carbocycles. The Morgan fingerprint density at radius 2 is 1.90 bits per heavy atom. The molecule has 0 bridgehead atoms. The number of halogens is 2. The number of rotatable bonds is 3. The van der Waals surface area contributed by atoms with E-state index in [9.17, 15) is 12.8 Å². The Kier molecular flexibility index (Phi) is 4.25. The first kappa shape index (κ1) is 15.8. The van der Waals surface area contributed by atoms with Gasteiger partial charge in [-0.05, 0) is 42.8 Å². The van der Waals surface area contributed by atoms with Crippen LogP contribution in [0.1, 0.15) is 5.56 Å². The van der Waals surface area contributed by atoms with Gasteiger partial charge in [0.2, 0.25) is 0 Å². The van der Waals surface area contributed by atoms with E-state index in [1.165, 1.54) is 31.3 Å². The molecular formula is C14H14BrFN2O2S. The van der Waals surface area contributed by atoms with Gasteiger partial charge in [-0.1, -0.05) is 22.0 Å². The van der Waals surface area contributed by atoms with Crippen molar-refractivity contribution in [1.82, 2.24) is 0 Å². The van der Waals surface area contributed by atoms with Crippen LogP contribution in [0.15, 0.2) is 45.8 Å². The maximum absolute atomic E-state index is 13.3. The Balaban J connectivity index is 2.57. The molecule has 0 amide bonds. The Bertz CT molecular complexity index is 794. The van der Waals surface area contributed by atoms with E-state index < -0.39 is 15.8 Å². The first-order valence-corrected chi connectivity index (χ1v) is 8.27. The van der Waals surface area contributed by atoms with Gasteiger partial charge in [0.15, 0.2) is 0 Å². The van der Waals surface area contributed by atoms with E-state index in [1.54, 1.807) is 13.0 Å². The monoisotopic (exact) mass is 372 g/mol. The van der Waals surface area contributed by atoms with E-state index in [-0.39, 0.29) is 10.6 Å². The molecule has 2 aromatic rings. The van der Waals surface area contributed by atoms with Crippen LogP contribution in [0.5, 0.6) is 0 Å². The molecule has 4 nitrogen and oxygen atoms in total. The van der Waals surface area contributed by atoms with E-state index in [4.69, 9.17) is 5.73 Å². The van der Waals surface area contributed by atoms with Crippen molar-refractivity contribution in [2.24, 2.45) is 0 Å². The smallest absolute Gasteiger partial charge is 0.264 e. The summed E-state index contributed by atoms with van der Waals surface area (Å²) in [7, 11) is -2.45. The summed E-state index contributed by atoms with van der Waals surface area (Å²) < 4.78 is 40.3. The second kappa shape index (κ2) is 5.65. The van der Waals surface area contributed by atoms with Crippen molar-refractivity contribution in [2.75, 3.05) is 17.1 Å². The Hall–Kier alpha value is -1.60. The Morgan fingerprint density at radius 1 is 1.24 bits per heavy atom. The summed E-state index contributed by atoms with van der Waals surface area (Å²) >= 11 is 3.23. The summed E-state index contributed by atoms with van der Waals surface area (Å²) in [5, 5.41) is 0. The van der Waals surface area contributed by atoms with E-state index in [2.05, 4.69) is 15.9 Å². The predicted molar refractivity (Wildman–Crippen MR) is 85.3 cm³/mol. The van der Waals surface area contributed by atoms with Gasteiger partial charge in [-0.25, -0.2) is 12.8 Å². The van der Waals surface area contributed by atoms with Crippen LogP contribution >= 0.6 is 15.9 Å². The number of hydrogen-bond acceptors (Lipinski definition) is 3. The molecular weight excluding hydrogens is 359 g/mol. The molecule has 0 aromatic heterocycles. The zero-order valence-corrected chi connectivity index (χ0v) is 13.9. The number of sulfonamides is 1. The molecule has 0 saturated carbocycles. The molecule has 0 saturated heterocycles. The molecule has 0 aliphatic carbocycles. The second-order valence-corrected chi connectivity index (χ2v) is 7.42. The predicted octanol–water partition coefficient (Wildman–Crippen LogP) is 3.30. The van der Waals surface area contributed by atoms with Crippen LogP contribution in [-0.4, -0.2) is 15.5 Å². The van der Waals surface area contributed by atoms with Gasteiger partial charge in [0.05, 0.1) is 10.6 Å². The van der Waals surface area contributed by atoms with Crippen LogP contribution in [0.4, 0.5) is 15.8 Å². The van der Waals surface area contributed by atoms with E-state index in [1.807, 2.05) is 0 Å². The molecule has 0 atom stereocenters. The van der Waals surface area contributed by atoms with Gasteiger partial charge in [-0.15, -0.1) is 0 Å². The van der Waals surface area contributed by atoms with Gasteiger partial charge < -0.3 is 5.73 Å². The first-order chi connectivity index (χ1) is 9.73. The van der Waals surface area contributed by atoms with Crippen LogP contribution in [0.25, 0.3) is 0 Å². The van der Waals surface area contributed by atoms with Crippen molar-refractivity contribution in [3.05, 3.63) is 52.3 Å². The zero-order valence-electron chi connectivity index (χ0n) is 11.5. The molecule has 0 heterocycles. The van der Waals surface area contributed by atoms with Gasteiger partial charge in [0.1, 0.15) is 5.82 Å². The van der Waals surface area contributed by atoms with E-state index >= 15 is 0 Å². The quantitative estimate of drug-likeness (QED) is 0.840. The summed E-state index contributed by atoms with van der Waals surface area (Å²) in [5.41, 5.74) is 6.88. The summed E-state index contributed by atoms with van der Waals surface area (Å²) in [6.07, 6.45) is 0. The van der Waals surface area contributed by atoms with Crippen LogP contribution in [-0.2, 0) is 10.0 Å². The van der Waals surface area contributed by atoms with Crippen molar-refractivity contribution in [2.45, 2.75) is 11.8 Å². The lowest BCUT2D eigenvalue weighted by molar-refractivity contribution is 0.593. The van der Waals surface area contributed by atoms with Gasteiger partial charge in [-0.2, -0.15) is 0 Å². The number of hydrogen-bond donors (Lipinski definition) is 1. The van der Waals surface area contributed by atoms with Crippen molar-refractivity contribution >= 4 is 37.3 Å². The molecule has 0 unspecified atom stereocenters. The fraction of sp³-hybridized carbons (Fsp3) is 0.143. The second-order valence-electron chi connectivity index (χ2n) is 4.57. The van der Waals surface area contributed by atoms with Crippen molar-refractivity contribution in [3.63, 3.8) is 0 Å². The zero-order chi connectivity index (χ0) is 15.8. The first-order valence-electron chi connectivity index (χ1n) is 6.03. The average Bonchev–Trinajstić information content (AvgIpc) is 2.41. The topological polar surface area (TPSA) is 63.4 Å². The molecule has 2 rings (SSSR count). The van der Waals surface area contributed by atoms with Crippen molar-refractivity contribution < 1.29 is 12.8 Å². The van der Waals surface area contributed by atoms with Gasteiger partial charge in [0.25, 0.3) is 10.0 Å². The largest absolute Gasteiger partial charge is 0.398 e. The lowest BCUT2D eigenvalue weighted by atomic mass is 10.2. The lowest BCUT2D eigenvalue weighted by Crippen LogP contribution is -2.27. The highest BCUT2D eigenvalue weighted by Crippen LogP contribution is 2.30. The highest BCUT2D eigenvalue weighted by atomic mass is 79.9. The highest BCUT2D eigenvalue weighted by Gasteiger charge is 2.25. The average molecular weight is 373 g/mol. The fourth-order valence-electron chi connectivity index (χ4n) is 1.90. The maximum Gasteiger partial charge on any atom is 0.264 e. The number of benzene rings is 2. The number of nitrogen functional groups attached to an aromatic ring is 1. The number of anilines is 2. The summed E-state index contributed by atoms with van der Waals surface area (Å²) in [4.78, 5) is 0.0844. The molecule has 21 heavy (non-hydrogen) atoms. The molecule has 7 heteroatoms. The third kappa shape index (κ3) is 3.03. The minimum Gasteiger partial charge on any atom is -0.398 e. The third-order valence-corrected chi connectivity index (χ3v) is 5.54. The third-order valence-electron chi connectivity index (χ3n) is 3.18. The Morgan fingerprint density at radius 3 is 2.52 bits per heavy atom. The van der Waals surface area contributed by atoms with Crippen molar-refractivity contribution in [1.29, 1.82) is 0 Å². The van der Waals surface area contributed by atoms with Crippen LogP contribution in [0.3, 0.4) is 0 Å². The summed E-state index contributed by atoms with van der Waals surface area (Å²) in [6.45, 7) is 1.63. The molecule has 0 spiro atoms. The van der Waals surface area contributed by atoms with Crippen molar-refractivity contribution in [3.8, 4) is 0 Å². The number of nitrogens with zero attached hydrogens (tertiary/aromatic N) is 1. The molecule has 0 fully saturated rings. The highest BCUT2D eigenvalue weighted by molar-refractivity contribution is 9.10. The normalized spacial score (nSPS) is 11.4. The minimum absolute atomic E-state index is 0.0844. The van der Waals surface area contributed by atoms with Gasteiger partial charge in [0, 0.05) is 17.2 Å². The SMILES string of the molecule is Cc1c(N)cc(Br)cc1S(=O)(=O)N(C)c1cccc(F)c1.